The van der Waals surface area contributed by atoms with Crippen LogP contribution in [-0.4, -0.2) is 51.4 Å². The van der Waals surface area contributed by atoms with E-state index >= 15 is 0 Å². The van der Waals surface area contributed by atoms with Crippen molar-refractivity contribution in [3.63, 3.8) is 0 Å². The molecule has 3 heterocycles. The molecule has 0 bridgehead atoms. The molecule has 1 fully saturated rings. The molecule has 8 heteroatoms. The Morgan fingerprint density at radius 2 is 2.18 bits per heavy atom. The third-order valence-corrected chi connectivity index (χ3v) is 5.15. The number of aryl methyl sites for hydroxylation is 1. The minimum absolute atomic E-state index is 0.0131. The average Bonchev–Trinajstić information content (AvgIpc) is 3.06. The lowest BCUT2D eigenvalue weighted by atomic mass is 10.1. The molecule has 0 radical (unpaired) electrons. The number of benzene rings is 1. The molecule has 3 aromatic rings. The molecule has 1 aliphatic rings. The van der Waals surface area contributed by atoms with Crippen LogP contribution in [0.4, 0.5) is 14.9 Å². The van der Waals surface area contributed by atoms with Crippen LogP contribution in [0, 0.1) is 5.95 Å². The lowest BCUT2D eigenvalue weighted by Gasteiger charge is -2.40. The predicted octanol–water partition coefficient (Wildman–Crippen LogP) is 2.53. The number of nitrogens with zero attached hydrogens (tertiary/aromatic N) is 5. The van der Waals surface area contributed by atoms with Gasteiger partial charge in [0.1, 0.15) is 0 Å². The van der Waals surface area contributed by atoms with Crippen LogP contribution < -0.4 is 10.2 Å². The average molecular weight is 382 g/mol. The predicted molar refractivity (Wildman–Crippen MR) is 106 cm³/mol. The molecule has 1 atom stereocenters. The number of carbonyl (C=O) groups excluding carboxylic acids is 1. The number of nitrogens with one attached hydrogen (secondary N) is 1. The van der Waals surface area contributed by atoms with Gasteiger partial charge in [-0.25, -0.2) is 9.78 Å². The maximum Gasteiger partial charge on any atom is 0.318 e. The first-order valence-electron chi connectivity index (χ1n) is 9.33. The minimum Gasteiger partial charge on any atom is -0.368 e. The molecule has 1 aromatic carbocycles. The summed E-state index contributed by atoms with van der Waals surface area (Å²) in [6.07, 6.45) is 3.43. The largest absolute Gasteiger partial charge is 0.368 e. The monoisotopic (exact) mass is 382 g/mol. The zero-order chi connectivity index (χ0) is 19.7. The van der Waals surface area contributed by atoms with Crippen molar-refractivity contribution in [2.24, 2.45) is 7.05 Å². The van der Waals surface area contributed by atoms with E-state index in [4.69, 9.17) is 0 Å². The summed E-state index contributed by atoms with van der Waals surface area (Å²) in [5, 5.41) is 8.47. The fraction of sp³-hybridized carbons (Fsp3) is 0.350. The summed E-state index contributed by atoms with van der Waals surface area (Å²) in [5.74, 6) is -0.491. The van der Waals surface area contributed by atoms with Gasteiger partial charge >= 0.3 is 6.03 Å². The van der Waals surface area contributed by atoms with Gasteiger partial charge in [-0.2, -0.15) is 9.49 Å². The van der Waals surface area contributed by atoms with Crippen LogP contribution in [0.5, 0.6) is 0 Å². The van der Waals surface area contributed by atoms with Gasteiger partial charge in [0.25, 0.3) is 0 Å². The van der Waals surface area contributed by atoms with E-state index < -0.39 is 5.95 Å². The second-order valence-electron chi connectivity index (χ2n) is 7.14. The van der Waals surface area contributed by atoms with Crippen LogP contribution in [0.3, 0.4) is 0 Å². The molecule has 1 N–H and O–H groups in total. The molecule has 0 saturated carbocycles. The Bertz CT molecular complexity index is 1000. The van der Waals surface area contributed by atoms with Gasteiger partial charge in [-0.15, -0.1) is 0 Å². The summed E-state index contributed by atoms with van der Waals surface area (Å²) in [6.45, 7) is 4.33. The van der Waals surface area contributed by atoms with E-state index in [1.165, 1.54) is 12.3 Å². The molecule has 7 nitrogen and oxygen atoms in total. The van der Waals surface area contributed by atoms with Crippen LogP contribution in [0.2, 0.25) is 0 Å². The number of amides is 2. The second-order valence-corrected chi connectivity index (χ2v) is 7.14. The van der Waals surface area contributed by atoms with Crippen molar-refractivity contribution in [2.45, 2.75) is 19.5 Å². The topological polar surface area (TPSA) is 66.3 Å². The highest BCUT2D eigenvalue weighted by atomic mass is 19.1. The Hall–Kier alpha value is -3.16. The van der Waals surface area contributed by atoms with Crippen LogP contribution in [0.1, 0.15) is 12.5 Å². The summed E-state index contributed by atoms with van der Waals surface area (Å²) in [5.41, 5.74) is 2.75. The Morgan fingerprint density at radius 1 is 1.32 bits per heavy atom. The van der Waals surface area contributed by atoms with Crippen LogP contribution in [-0.2, 0) is 13.6 Å². The number of anilines is 1. The number of pyridine rings is 1. The van der Waals surface area contributed by atoms with Crippen molar-refractivity contribution in [1.29, 1.82) is 0 Å². The van der Waals surface area contributed by atoms with Crippen molar-refractivity contribution in [2.75, 3.05) is 24.5 Å². The van der Waals surface area contributed by atoms with Gasteiger partial charge in [-0.1, -0.05) is 12.1 Å². The van der Waals surface area contributed by atoms with Crippen LogP contribution in [0.25, 0.3) is 10.9 Å². The van der Waals surface area contributed by atoms with Crippen LogP contribution in [0.15, 0.2) is 42.7 Å². The number of aromatic nitrogens is 3. The standard InChI is InChI=1S/C20H23FN6O/c1-14-12-26(16-6-7-22-19(21)10-16)8-9-27(14)20(28)23-11-15-4-3-5-18-17(15)13-25(2)24-18/h3-7,10,13-14H,8-9,11-12H2,1-2H3,(H,23,28)/t14-/m1/s1. The normalized spacial score (nSPS) is 17.2. The van der Waals surface area contributed by atoms with Crippen molar-refractivity contribution in [3.8, 4) is 0 Å². The van der Waals surface area contributed by atoms with E-state index in [0.29, 0.717) is 26.2 Å². The number of rotatable bonds is 3. The third kappa shape index (κ3) is 3.62. The molecule has 2 amide bonds. The lowest BCUT2D eigenvalue weighted by Crippen LogP contribution is -2.56. The molecular formula is C20H23FN6O. The fourth-order valence-corrected chi connectivity index (χ4v) is 3.73. The minimum atomic E-state index is -0.491. The van der Waals surface area contributed by atoms with Gasteiger partial charge in [0, 0.05) is 68.8 Å². The Morgan fingerprint density at radius 3 is 2.96 bits per heavy atom. The molecule has 1 aliphatic heterocycles. The van der Waals surface area contributed by atoms with Crippen molar-refractivity contribution < 1.29 is 9.18 Å². The van der Waals surface area contributed by atoms with Gasteiger partial charge in [0.2, 0.25) is 5.95 Å². The highest BCUT2D eigenvalue weighted by Gasteiger charge is 2.27. The first-order valence-corrected chi connectivity index (χ1v) is 9.33. The quantitative estimate of drug-likeness (QED) is 0.707. The molecular weight excluding hydrogens is 359 g/mol. The first-order chi connectivity index (χ1) is 13.5. The number of halogens is 1. The number of urea groups is 1. The summed E-state index contributed by atoms with van der Waals surface area (Å²) < 4.78 is 15.2. The molecule has 4 rings (SSSR count). The van der Waals surface area contributed by atoms with Crippen molar-refractivity contribution >= 4 is 22.6 Å². The molecule has 28 heavy (non-hydrogen) atoms. The number of hydrogen-bond donors (Lipinski definition) is 1. The van der Waals surface area contributed by atoms with E-state index in [1.807, 2.05) is 43.3 Å². The van der Waals surface area contributed by atoms with E-state index in [0.717, 1.165) is 22.2 Å². The van der Waals surface area contributed by atoms with Gasteiger partial charge in [-0.05, 0) is 24.6 Å². The van der Waals surface area contributed by atoms with Crippen LogP contribution >= 0.6 is 0 Å². The maximum atomic E-state index is 13.4. The zero-order valence-electron chi connectivity index (χ0n) is 16.0. The highest BCUT2D eigenvalue weighted by molar-refractivity contribution is 5.82. The van der Waals surface area contributed by atoms with Gasteiger partial charge < -0.3 is 15.1 Å². The molecule has 2 aromatic heterocycles. The smallest absolute Gasteiger partial charge is 0.318 e. The van der Waals surface area contributed by atoms with E-state index in [9.17, 15) is 9.18 Å². The highest BCUT2D eigenvalue weighted by Crippen LogP contribution is 2.20. The number of fused-ring (bicyclic) bond motifs is 1. The lowest BCUT2D eigenvalue weighted by molar-refractivity contribution is 0.171. The molecule has 146 valence electrons. The zero-order valence-corrected chi connectivity index (χ0v) is 16.0. The van der Waals surface area contributed by atoms with E-state index in [-0.39, 0.29) is 12.1 Å². The SMILES string of the molecule is C[C@@H]1CN(c2ccnc(F)c2)CCN1C(=O)NCc1cccc2nn(C)cc12. The summed E-state index contributed by atoms with van der Waals surface area (Å²) in [7, 11) is 1.89. The number of piperazine rings is 1. The Labute approximate surface area is 162 Å². The Balaban J connectivity index is 1.39. The van der Waals surface area contributed by atoms with Crippen molar-refractivity contribution in [3.05, 3.63) is 54.2 Å². The maximum absolute atomic E-state index is 13.4. The summed E-state index contributed by atoms with van der Waals surface area (Å²) in [4.78, 5) is 20.2. The molecule has 0 unspecified atom stereocenters. The fourth-order valence-electron chi connectivity index (χ4n) is 3.73. The van der Waals surface area contributed by atoms with Gasteiger partial charge in [0.15, 0.2) is 0 Å². The second kappa shape index (κ2) is 7.46. The molecule has 0 spiro atoms. The Kier molecular flexibility index (Phi) is 4.85. The summed E-state index contributed by atoms with van der Waals surface area (Å²) >= 11 is 0. The number of hydrogen-bond acceptors (Lipinski definition) is 4. The van der Waals surface area contributed by atoms with Gasteiger partial charge in [0.05, 0.1) is 5.52 Å². The van der Waals surface area contributed by atoms with Crippen molar-refractivity contribution in [1.82, 2.24) is 25.0 Å². The van der Waals surface area contributed by atoms with Gasteiger partial charge in [-0.3, -0.25) is 4.68 Å². The molecule has 1 saturated heterocycles. The third-order valence-electron chi connectivity index (χ3n) is 5.15. The summed E-state index contributed by atoms with van der Waals surface area (Å²) in [6, 6.07) is 9.06. The number of carbonyl (C=O) groups is 1. The molecule has 0 aliphatic carbocycles. The van der Waals surface area contributed by atoms with E-state index in [1.54, 1.807) is 10.7 Å². The van der Waals surface area contributed by atoms with E-state index in [2.05, 4.69) is 20.3 Å². The first kappa shape index (κ1) is 18.2.